The van der Waals surface area contributed by atoms with Crippen molar-refractivity contribution in [3.8, 4) is 5.75 Å². The zero-order chi connectivity index (χ0) is 18.5. The largest absolute Gasteiger partial charge is 0.485 e. The lowest BCUT2D eigenvalue weighted by atomic mass is 10.0. The Morgan fingerprint density at radius 2 is 1.39 bits per heavy atom. The third-order valence-corrected chi connectivity index (χ3v) is 3.16. The summed E-state index contributed by atoms with van der Waals surface area (Å²) in [5.41, 5.74) is 0.809. The van der Waals surface area contributed by atoms with Crippen LogP contribution in [0.4, 0.5) is 0 Å². The average Bonchev–Trinajstić information content (AvgIpc) is 2.51. The van der Waals surface area contributed by atoms with Crippen LogP contribution < -0.4 is 4.74 Å². The van der Waals surface area contributed by atoms with Crippen molar-refractivity contribution in [1.82, 2.24) is 0 Å². The van der Waals surface area contributed by atoms with Gasteiger partial charge in [0.05, 0.1) is 6.61 Å². The normalized spacial score (nSPS) is 10.6. The molecule has 0 heterocycles. The zero-order valence-electron chi connectivity index (χ0n) is 16.9. The summed E-state index contributed by atoms with van der Waals surface area (Å²) < 4.78 is 5.66. The van der Waals surface area contributed by atoms with Crippen molar-refractivity contribution in [3.05, 3.63) is 29.8 Å². The maximum Gasteiger partial charge on any atom is 0.126 e. The van der Waals surface area contributed by atoms with Gasteiger partial charge >= 0.3 is 0 Å². The van der Waals surface area contributed by atoms with Gasteiger partial charge in [-0.1, -0.05) is 67.0 Å². The van der Waals surface area contributed by atoms with E-state index in [0.717, 1.165) is 18.1 Å². The smallest absolute Gasteiger partial charge is 0.126 e. The number of aliphatic hydroxyl groups excluding tert-OH is 1. The predicted octanol–water partition coefficient (Wildman–Crippen LogP) is 6.11. The van der Waals surface area contributed by atoms with Gasteiger partial charge in [0.15, 0.2) is 0 Å². The highest BCUT2D eigenvalue weighted by Crippen LogP contribution is 2.19. The topological polar surface area (TPSA) is 29.5 Å². The van der Waals surface area contributed by atoms with E-state index in [2.05, 4.69) is 46.8 Å². The van der Waals surface area contributed by atoms with Crippen LogP contribution in [0.15, 0.2) is 24.3 Å². The van der Waals surface area contributed by atoms with Crippen LogP contribution in [0.5, 0.6) is 5.75 Å². The van der Waals surface area contributed by atoms with Gasteiger partial charge in [0.25, 0.3) is 0 Å². The predicted molar refractivity (Wildman–Crippen MR) is 103 cm³/mol. The van der Waals surface area contributed by atoms with Gasteiger partial charge in [-0.05, 0) is 49.8 Å². The highest BCUT2D eigenvalue weighted by Gasteiger charge is 2.17. The van der Waals surface area contributed by atoms with E-state index in [1.54, 1.807) is 0 Å². The first kappa shape index (κ1) is 24.2. The molecule has 136 valence electrons. The Morgan fingerprint density at radius 3 is 1.70 bits per heavy atom. The van der Waals surface area contributed by atoms with E-state index in [1.165, 1.54) is 12.0 Å². The summed E-state index contributed by atoms with van der Waals surface area (Å²) in [6.07, 6.45) is 2.39. The third kappa shape index (κ3) is 14.3. The summed E-state index contributed by atoms with van der Waals surface area (Å²) in [7, 11) is 0. The molecule has 0 unspecified atom stereocenters. The Bertz CT molecular complexity index is 364. The summed E-state index contributed by atoms with van der Waals surface area (Å²) in [6, 6.07) is 8.11. The highest BCUT2D eigenvalue weighted by molar-refractivity contribution is 5.28. The van der Waals surface area contributed by atoms with Crippen molar-refractivity contribution in [2.75, 3.05) is 6.61 Å². The molecule has 0 saturated heterocycles. The quantitative estimate of drug-likeness (QED) is 0.683. The van der Waals surface area contributed by atoms with E-state index >= 15 is 0 Å². The molecule has 1 aromatic rings. The van der Waals surface area contributed by atoms with Crippen molar-refractivity contribution in [2.24, 2.45) is 11.8 Å². The van der Waals surface area contributed by atoms with Gasteiger partial charge < -0.3 is 9.84 Å². The fourth-order valence-corrected chi connectivity index (χ4v) is 1.52. The van der Waals surface area contributed by atoms with Gasteiger partial charge in [0.1, 0.15) is 11.4 Å². The summed E-state index contributed by atoms with van der Waals surface area (Å²) in [6.45, 7) is 18.8. The molecule has 2 heteroatoms. The molecule has 23 heavy (non-hydrogen) atoms. The van der Waals surface area contributed by atoms with E-state index in [1.807, 2.05) is 39.8 Å². The first-order chi connectivity index (χ1) is 10.7. The molecule has 1 rings (SSSR count). The Labute approximate surface area is 145 Å². The van der Waals surface area contributed by atoms with Crippen LogP contribution in [0, 0.1) is 11.8 Å². The second kappa shape index (κ2) is 13.4. The number of aliphatic hydroxyl groups is 1. The molecule has 0 saturated carbocycles. The van der Waals surface area contributed by atoms with Gasteiger partial charge in [-0.3, -0.25) is 0 Å². The van der Waals surface area contributed by atoms with Gasteiger partial charge in [0.2, 0.25) is 0 Å². The van der Waals surface area contributed by atoms with E-state index in [9.17, 15) is 0 Å². The number of hydrogen-bond acceptors (Lipinski definition) is 2. The van der Waals surface area contributed by atoms with Crippen LogP contribution in [0.2, 0.25) is 0 Å². The number of hydrogen-bond donors (Lipinski definition) is 1. The van der Waals surface area contributed by atoms with E-state index < -0.39 is 5.60 Å². The van der Waals surface area contributed by atoms with E-state index in [4.69, 9.17) is 9.84 Å². The summed E-state index contributed by atoms with van der Waals surface area (Å²) in [5.74, 6) is 2.36. The average molecular weight is 325 g/mol. The molecule has 0 fully saturated rings. The van der Waals surface area contributed by atoms with Crippen LogP contribution in [0.1, 0.15) is 74.3 Å². The lowest BCUT2D eigenvalue weighted by Crippen LogP contribution is -2.32. The fraction of sp³-hybridized carbons (Fsp3) is 0.714. The van der Waals surface area contributed by atoms with E-state index in [-0.39, 0.29) is 6.61 Å². The van der Waals surface area contributed by atoms with Gasteiger partial charge in [-0.2, -0.15) is 0 Å². The molecule has 0 spiro atoms. The minimum atomic E-state index is -0.514. The minimum absolute atomic E-state index is 0.0146. The van der Waals surface area contributed by atoms with Crippen LogP contribution in [0.25, 0.3) is 0 Å². The molecule has 0 aliphatic rings. The Kier molecular flexibility index (Phi) is 14.1. The SMILES string of the molecule is CC.CC(C)Cc1ccc(OC(C)(C)CO)cc1.CCC(C)C. The lowest BCUT2D eigenvalue weighted by molar-refractivity contribution is 0.0412. The second-order valence-corrected chi connectivity index (χ2v) is 7.06. The molecule has 0 aliphatic heterocycles. The third-order valence-electron chi connectivity index (χ3n) is 3.16. The van der Waals surface area contributed by atoms with Crippen molar-refractivity contribution < 1.29 is 9.84 Å². The molecule has 2 nitrogen and oxygen atoms in total. The van der Waals surface area contributed by atoms with Crippen LogP contribution in [-0.2, 0) is 6.42 Å². The van der Waals surface area contributed by atoms with Crippen LogP contribution in [0.3, 0.4) is 0 Å². The summed E-state index contributed by atoms with van der Waals surface area (Å²) in [5, 5.41) is 9.10. The molecule has 0 aliphatic carbocycles. The number of rotatable bonds is 6. The van der Waals surface area contributed by atoms with Crippen molar-refractivity contribution in [1.29, 1.82) is 0 Å². The molecule has 0 atom stereocenters. The zero-order valence-corrected chi connectivity index (χ0v) is 16.9. The molecular weight excluding hydrogens is 284 g/mol. The molecule has 0 radical (unpaired) electrons. The first-order valence-corrected chi connectivity index (χ1v) is 9.09. The van der Waals surface area contributed by atoms with Gasteiger partial charge in [-0.25, -0.2) is 0 Å². The van der Waals surface area contributed by atoms with Crippen molar-refractivity contribution in [3.63, 3.8) is 0 Å². The standard InChI is InChI=1S/C14H22O2.C5H12.C2H6/c1-11(2)9-12-5-7-13(8-6-12)16-14(3,4)10-15;1-4-5(2)3;1-2/h5-8,11,15H,9-10H2,1-4H3;5H,4H2,1-3H3;1-2H3. The Hall–Kier alpha value is -1.02. The summed E-state index contributed by atoms with van der Waals surface area (Å²) >= 11 is 0. The number of ether oxygens (including phenoxy) is 1. The van der Waals surface area contributed by atoms with Crippen LogP contribution in [-0.4, -0.2) is 17.3 Å². The molecule has 1 N–H and O–H groups in total. The number of benzene rings is 1. The van der Waals surface area contributed by atoms with E-state index in [0.29, 0.717) is 5.92 Å². The van der Waals surface area contributed by atoms with Crippen molar-refractivity contribution >= 4 is 0 Å². The van der Waals surface area contributed by atoms with Gasteiger partial charge in [0, 0.05) is 0 Å². The maximum atomic E-state index is 9.10. The fourth-order valence-electron chi connectivity index (χ4n) is 1.52. The van der Waals surface area contributed by atoms with Gasteiger partial charge in [-0.15, -0.1) is 0 Å². The Morgan fingerprint density at radius 1 is 0.957 bits per heavy atom. The molecule has 0 aromatic heterocycles. The lowest BCUT2D eigenvalue weighted by Gasteiger charge is -2.24. The molecule has 0 amide bonds. The monoisotopic (exact) mass is 324 g/mol. The summed E-state index contributed by atoms with van der Waals surface area (Å²) in [4.78, 5) is 0. The molecule has 0 bridgehead atoms. The minimum Gasteiger partial charge on any atom is -0.485 e. The van der Waals surface area contributed by atoms with Crippen LogP contribution >= 0.6 is 0 Å². The second-order valence-electron chi connectivity index (χ2n) is 7.06. The Balaban J connectivity index is 0. The first-order valence-electron chi connectivity index (χ1n) is 9.09. The highest BCUT2D eigenvalue weighted by atomic mass is 16.5. The molecular formula is C21H40O2. The van der Waals surface area contributed by atoms with Crippen molar-refractivity contribution in [2.45, 2.75) is 80.8 Å². The molecule has 1 aromatic carbocycles. The maximum absolute atomic E-state index is 9.10.